The van der Waals surface area contributed by atoms with E-state index in [1.165, 1.54) is 17.6 Å². The molecule has 1 aliphatic carbocycles. The van der Waals surface area contributed by atoms with Crippen LogP contribution in [0.25, 0.3) is 5.57 Å². The fraction of sp³-hybridized carbons (Fsp3) is 0.429. The normalized spacial score (nSPS) is 27.3. The SMILES string of the molecule is C=CNC1(CC)C=CC1(CC)CC/C=C(\C)c1ccccc1. The summed E-state index contributed by atoms with van der Waals surface area (Å²) in [6.07, 6.45) is 13.5. The van der Waals surface area contributed by atoms with Crippen LogP contribution in [0.5, 0.6) is 0 Å². The minimum absolute atomic E-state index is 0.0952. The van der Waals surface area contributed by atoms with Crippen LogP contribution in [-0.2, 0) is 0 Å². The smallest absolute Gasteiger partial charge is 0.0638 e. The van der Waals surface area contributed by atoms with Crippen molar-refractivity contribution in [3.63, 3.8) is 0 Å². The average molecular weight is 295 g/mol. The van der Waals surface area contributed by atoms with Crippen LogP contribution in [0, 0.1) is 5.41 Å². The van der Waals surface area contributed by atoms with Gasteiger partial charge in [-0.3, -0.25) is 0 Å². The molecule has 0 radical (unpaired) electrons. The molecule has 0 aliphatic heterocycles. The third-order valence-electron chi connectivity index (χ3n) is 5.39. The molecule has 1 aromatic rings. The van der Waals surface area contributed by atoms with Crippen molar-refractivity contribution in [2.45, 2.75) is 52.0 Å². The largest absolute Gasteiger partial charge is 0.382 e. The van der Waals surface area contributed by atoms with Crippen molar-refractivity contribution in [1.82, 2.24) is 5.32 Å². The molecule has 118 valence electrons. The Labute approximate surface area is 135 Å². The van der Waals surface area contributed by atoms with E-state index in [1.807, 2.05) is 6.20 Å². The lowest BCUT2D eigenvalue weighted by Crippen LogP contribution is -2.59. The Morgan fingerprint density at radius 2 is 1.86 bits per heavy atom. The molecule has 0 bridgehead atoms. The lowest BCUT2D eigenvalue weighted by Gasteiger charge is -2.54. The molecule has 1 aromatic carbocycles. The van der Waals surface area contributed by atoms with E-state index in [0.29, 0.717) is 0 Å². The summed E-state index contributed by atoms with van der Waals surface area (Å²) in [5, 5.41) is 3.51. The molecule has 1 aliphatic rings. The molecular weight excluding hydrogens is 266 g/mol. The topological polar surface area (TPSA) is 12.0 Å². The Morgan fingerprint density at radius 3 is 2.36 bits per heavy atom. The van der Waals surface area contributed by atoms with Crippen LogP contribution < -0.4 is 5.32 Å². The van der Waals surface area contributed by atoms with E-state index in [2.05, 4.69) is 81.2 Å². The molecule has 0 saturated carbocycles. The van der Waals surface area contributed by atoms with Gasteiger partial charge in [-0.15, -0.1) is 0 Å². The third-order valence-corrected chi connectivity index (χ3v) is 5.39. The first-order valence-corrected chi connectivity index (χ1v) is 8.44. The monoisotopic (exact) mass is 295 g/mol. The number of nitrogens with one attached hydrogen (secondary N) is 1. The summed E-state index contributed by atoms with van der Waals surface area (Å²) in [4.78, 5) is 0. The first kappa shape index (κ1) is 16.6. The minimum atomic E-state index is 0.0952. The fourth-order valence-electron chi connectivity index (χ4n) is 3.75. The van der Waals surface area contributed by atoms with Crippen LogP contribution in [0.4, 0.5) is 0 Å². The summed E-state index contributed by atoms with van der Waals surface area (Å²) >= 11 is 0. The standard InChI is InChI=1S/C21H29N/c1-5-20(16-17-21(20,6-2)22-7-3)15-11-12-18(4)19-13-9-8-10-14-19/h7-10,12-14,16-17,22H,3,5-6,11,15H2,1-2,4H3/b18-12+. The van der Waals surface area contributed by atoms with E-state index in [0.717, 1.165) is 19.3 Å². The highest BCUT2D eigenvalue weighted by Crippen LogP contribution is 2.51. The number of hydrogen-bond acceptors (Lipinski definition) is 1. The second kappa shape index (κ2) is 7.00. The quantitative estimate of drug-likeness (QED) is 0.605. The Bertz CT molecular complexity index is 555. The third kappa shape index (κ3) is 2.90. The van der Waals surface area contributed by atoms with Crippen LogP contribution >= 0.6 is 0 Å². The van der Waals surface area contributed by atoms with Gasteiger partial charge in [0.05, 0.1) is 5.54 Å². The number of allylic oxidation sites excluding steroid dienone is 2. The van der Waals surface area contributed by atoms with Crippen molar-refractivity contribution in [2.75, 3.05) is 0 Å². The summed E-state index contributed by atoms with van der Waals surface area (Å²) in [6.45, 7) is 10.6. The van der Waals surface area contributed by atoms with Gasteiger partial charge in [0.1, 0.15) is 0 Å². The van der Waals surface area contributed by atoms with E-state index in [9.17, 15) is 0 Å². The van der Waals surface area contributed by atoms with Crippen molar-refractivity contribution >= 4 is 5.57 Å². The predicted molar refractivity (Wildman–Crippen MR) is 97.5 cm³/mol. The van der Waals surface area contributed by atoms with Crippen LogP contribution in [0.2, 0.25) is 0 Å². The van der Waals surface area contributed by atoms with Crippen molar-refractivity contribution < 1.29 is 0 Å². The van der Waals surface area contributed by atoms with Crippen molar-refractivity contribution in [1.29, 1.82) is 0 Å². The van der Waals surface area contributed by atoms with Gasteiger partial charge < -0.3 is 5.32 Å². The zero-order valence-electron chi connectivity index (χ0n) is 14.2. The van der Waals surface area contributed by atoms with Gasteiger partial charge in [-0.25, -0.2) is 0 Å². The van der Waals surface area contributed by atoms with Crippen LogP contribution in [0.15, 0.2) is 61.3 Å². The summed E-state index contributed by atoms with van der Waals surface area (Å²) < 4.78 is 0. The van der Waals surface area contributed by atoms with Crippen molar-refractivity contribution in [3.05, 3.63) is 66.9 Å². The van der Waals surface area contributed by atoms with E-state index >= 15 is 0 Å². The number of benzene rings is 1. The highest BCUT2D eigenvalue weighted by molar-refractivity contribution is 5.63. The molecule has 1 nitrogen and oxygen atoms in total. The molecule has 2 atom stereocenters. The van der Waals surface area contributed by atoms with Gasteiger partial charge in [-0.05, 0) is 49.9 Å². The second-order valence-corrected chi connectivity index (χ2v) is 6.31. The molecular formula is C21H29N. The molecule has 0 heterocycles. The van der Waals surface area contributed by atoms with Gasteiger partial charge in [0, 0.05) is 5.41 Å². The van der Waals surface area contributed by atoms with Crippen LogP contribution in [0.1, 0.15) is 52.0 Å². The molecule has 0 amide bonds. The predicted octanol–water partition coefficient (Wildman–Crippen LogP) is 5.72. The summed E-state index contributed by atoms with van der Waals surface area (Å²) in [7, 11) is 0. The molecule has 0 saturated heterocycles. The Balaban J connectivity index is 2.06. The lowest BCUT2D eigenvalue weighted by molar-refractivity contribution is 0.134. The molecule has 22 heavy (non-hydrogen) atoms. The first-order chi connectivity index (χ1) is 10.6. The van der Waals surface area contributed by atoms with E-state index in [4.69, 9.17) is 0 Å². The molecule has 2 rings (SSSR count). The Morgan fingerprint density at radius 1 is 1.14 bits per heavy atom. The van der Waals surface area contributed by atoms with Gasteiger partial charge in [0.25, 0.3) is 0 Å². The molecule has 1 N–H and O–H groups in total. The average Bonchev–Trinajstić information content (AvgIpc) is 2.56. The number of hydrogen-bond donors (Lipinski definition) is 1. The van der Waals surface area contributed by atoms with Gasteiger partial charge in [-0.1, -0.05) is 69.0 Å². The zero-order valence-corrected chi connectivity index (χ0v) is 14.2. The summed E-state index contributed by atoms with van der Waals surface area (Å²) in [5.41, 5.74) is 3.04. The van der Waals surface area contributed by atoms with Gasteiger partial charge in [0.2, 0.25) is 0 Å². The highest BCUT2D eigenvalue weighted by Gasteiger charge is 2.50. The van der Waals surface area contributed by atoms with Gasteiger partial charge in [0.15, 0.2) is 0 Å². The Hall–Kier alpha value is -1.76. The lowest BCUT2D eigenvalue weighted by atomic mass is 9.56. The van der Waals surface area contributed by atoms with Gasteiger partial charge in [-0.2, -0.15) is 0 Å². The maximum atomic E-state index is 3.87. The second-order valence-electron chi connectivity index (χ2n) is 6.31. The molecule has 1 heteroatoms. The molecule has 2 unspecified atom stereocenters. The van der Waals surface area contributed by atoms with E-state index in [-0.39, 0.29) is 11.0 Å². The van der Waals surface area contributed by atoms with E-state index in [1.54, 1.807) is 0 Å². The highest BCUT2D eigenvalue weighted by atomic mass is 15.0. The molecule has 0 aromatic heterocycles. The minimum Gasteiger partial charge on any atom is -0.382 e. The summed E-state index contributed by atoms with van der Waals surface area (Å²) in [5.74, 6) is 0. The first-order valence-electron chi connectivity index (χ1n) is 8.44. The Kier molecular flexibility index (Phi) is 5.28. The van der Waals surface area contributed by atoms with Crippen molar-refractivity contribution in [3.8, 4) is 0 Å². The summed E-state index contributed by atoms with van der Waals surface area (Å²) in [6, 6.07) is 10.6. The molecule has 0 fully saturated rings. The maximum Gasteiger partial charge on any atom is 0.0638 e. The van der Waals surface area contributed by atoms with Gasteiger partial charge >= 0.3 is 0 Å². The maximum absolute atomic E-state index is 3.87. The van der Waals surface area contributed by atoms with Crippen molar-refractivity contribution in [2.24, 2.45) is 5.41 Å². The molecule has 0 spiro atoms. The van der Waals surface area contributed by atoms with Crippen LogP contribution in [0.3, 0.4) is 0 Å². The number of rotatable bonds is 8. The van der Waals surface area contributed by atoms with Crippen LogP contribution in [-0.4, -0.2) is 5.54 Å². The fourth-order valence-corrected chi connectivity index (χ4v) is 3.75. The van der Waals surface area contributed by atoms with E-state index < -0.39 is 0 Å². The zero-order chi connectivity index (χ0) is 16.1.